The van der Waals surface area contributed by atoms with Gasteiger partial charge in [0.2, 0.25) is 0 Å². The first-order valence-electron chi connectivity index (χ1n) is 16.1. The van der Waals surface area contributed by atoms with E-state index in [-0.39, 0.29) is 5.41 Å². The number of pyridine rings is 4. The molecule has 4 heteroatoms. The molecule has 10 rings (SSSR count). The van der Waals surface area contributed by atoms with Crippen LogP contribution < -0.4 is 0 Å². The summed E-state index contributed by atoms with van der Waals surface area (Å²) in [5.41, 5.74) is 12.6. The van der Waals surface area contributed by atoms with E-state index in [0.29, 0.717) is 0 Å². The second kappa shape index (κ2) is 9.51. The molecule has 0 bridgehead atoms. The fourth-order valence-corrected chi connectivity index (χ4v) is 7.68. The molecule has 0 fully saturated rings. The molecule has 0 unspecified atom stereocenters. The average Bonchev–Trinajstić information content (AvgIpc) is 3.36. The van der Waals surface area contributed by atoms with Crippen molar-refractivity contribution in [1.82, 2.24) is 19.9 Å². The van der Waals surface area contributed by atoms with Crippen LogP contribution in [0.1, 0.15) is 25.1 Å². The number of rotatable bonds is 2. The number of benzene rings is 5. The van der Waals surface area contributed by atoms with Crippen molar-refractivity contribution < 1.29 is 0 Å². The van der Waals surface area contributed by atoms with Gasteiger partial charge in [0.05, 0.1) is 33.5 Å². The van der Waals surface area contributed by atoms with Crippen molar-refractivity contribution in [2.75, 3.05) is 0 Å². The van der Waals surface area contributed by atoms with Crippen LogP contribution in [0.3, 0.4) is 0 Å². The Morgan fingerprint density at radius 3 is 2.09 bits per heavy atom. The maximum Gasteiger partial charge on any atom is 0.0975 e. The molecule has 9 aromatic rings. The molecule has 5 aromatic carbocycles. The van der Waals surface area contributed by atoms with Crippen LogP contribution in [0.5, 0.6) is 0 Å². The highest BCUT2D eigenvalue weighted by Gasteiger charge is 2.37. The first-order chi connectivity index (χ1) is 23.0. The lowest BCUT2D eigenvalue weighted by atomic mass is 9.85. The summed E-state index contributed by atoms with van der Waals surface area (Å²) in [4.78, 5) is 20.3. The van der Waals surface area contributed by atoms with E-state index in [1.165, 1.54) is 27.5 Å². The monoisotopic (exact) mass is 600 g/mol. The van der Waals surface area contributed by atoms with Gasteiger partial charge in [-0.1, -0.05) is 105 Å². The predicted octanol–water partition coefficient (Wildman–Crippen LogP) is 10.7. The standard InChI is InChI=1S/C43H28N4/c1-43(2)36-15-6-5-14-32(36)35-23-34-31-13-4-3-12-30(31)33-22-29(24-45-40(33)41(34)47-42(35)43)27-9-7-10-28(21-27)37-19-18-26-17-16-25-11-8-20-44-38(25)39(26)46-37/h3-24H,1-2H3. The summed E-state index contributed by atoms with van der Waals surface area (Å²) in [6, 6.07) is 43.1. The lowest BCUT2D eigenvalue weighted by Gasteiger charge is -2.21. The molecule has 47 heavy (non-hydrogen) atoms. The molecular formula is C43H28N4. The first kappa shape index (κ1) is 26.2. The van der Waals surface area contributed by atoms with E-state index in [0.717, 1.165) is 71.7 Å². The molecule has 0 aliphatic heterocycles. The molecule has 4 aromatic heterocycles. The zero-order chi connectivity index (χ0) is 31.3. The van der Waals surface area contributed by atoms with E-state index in [1.54, 1.807) is 0 Å². The summed E-state index contributed by atoms with van der Waals surface area (Å²) >= 11 is 0. The summed E-state index contributed by atoms with van der Waals surface area (Å²) in [5.74, 6) is 0. The zero-order valence-corrected chi connectivity index (χ0v) is 26.0. The molecule has 0 atom stereocenters. The van der Waals surface area contributed by atoms with Gasteiger partial charge < -0.3 is 0 Å². The molecule has 1 aliphatic rings. The van der Waals surface area contributed by atoms with Crippen LogP contribution >= 0.6 is 0 Å². The van der Waals surface area contributed by atoms with Crippen LogP contribution in [0.15, 0.2) is 134 Å². The molecule has 220 valence electrons. The highest BCUT2D eigenvalue weighted by atomic mass is 14.8. The van der Waals surface area contributed by atoms with Crippen molar-refractivity contribution in [3.8, 4) is 33.5 Å². The maximum atomic E-state index is 5.43. The first-order valence-corrected chi connectivity index (χ1v) is 16.1. The smallest absolute Gasteiger partial charge is 0.0975 e. The van der Waals surface area contributed by atoms with Gasteiger partial charge in [-0.2, -0.15) is 0 Å². The summed E-state index contributed by atoms with van der Waals surface area (Å²) < 4.78 is 0. The normalized spacial score (nSPS) is 13.5. The Balaban J connectivity index is 1.16. The van der Waals surface area contributed by atoms with Crippen molar-refractivity contribution in [2.45, 2.75) is 19.3 Å². The van der Waals surface area contributed by atoms with Crippen LogP contribution in [-0.2, 0) is 5.41 Å². The highest BCUT2D eigenvalue weighted by molar-refractivity contribution is 6.24. The Morgan fingerprint density at radius 2 is 1.21 bits per heavy atom. The van der Waals surface area contributed by atoms with Crippen LogP contribution in [0.2, 0.25) is 0 Å². The molecule has 0 amide bonds. The molecular weight excluding hydrogens is 573 g/mol. The Kier molecular flexibility index (Phi) is 5.31. The van der Waals surface area contributed by atoms with Crippen LogP contribution in [0, 0.1) is 0 Å². The minimum absolute atomic E-state index is 0.183. The number of hydrogen-bond acceptors (Lipinski definition) is 4. The maximum absolute atomic E-state index is 5.43. The van der Waals surface area contributed by atoms with Crippen LogP contribution in [-0.4, -0.2) is 19.9 Å². The Labute approximate surface area is 271 Å². The largest absolute Gasteiger partial charge is 0.254 e. The Hall–Kier alpha value is -6.00. The summed E-state index contributed by atoms with van der Waals surface area (Å²) in [6.45, 7) is 4.56. The van der Waals surface area contributed by atoms with Gasteiger partial charge in [0.1, 0.15) is 0 Å². The minimum Gasteiger partial charge on any atom is -0.254 e. The van der Waals surface area contributed by atoms with E-state index in [9.17, 15) is 0 Å². The van der Waals surface area contributed by atoms with E-state index in [4.69, 9.17) is 15.0 Å². The van der Waals surface area contributed by atoms with Crippen LogP contribution in [0.4, 0.5) is 0 Å². The lowest BCUT2D eigenvalue weighted by molar-refractivity contribution is 0.640. The number of nitrogens with zero attached hydrogens (tertiary/aromatic N) is 4. The minimum atomic E-state index is -0.183. The van der Waals surface area contributed by atoms with Gasteiger partial charge in [-0.25, -0.2) is 9.97 Å². The predicted molar refractivity (Wildman–Crippen MR) is 194 cm³/mol. The van der Waals surface area contributed by atoms with Gasteiger partial charge in [0.25, 0.3) is 0 Å². The molecule has 0 spiro atoms. The van der Waals surface area contributed by atoms with E-state index >= 15 is 0 Å². The zero-order valence-electron chi connectivity index (χ0n) is 26.0. The SMILES string of the molecule is CC1(C)c2ccccc2-c2cc3c4ccccc4c4cc(-c5cccc(-c6ccc7ccc8cccnc8c7n6)c5)cnc4c3nc21. The van der Waals surface area contributed by atoms with E-state index in [1.807, 2.05) is 18.5 Å². The molecule has 1 aliphatic carbocycles. The van der Waals surface area contributed by atoms with Crippen molar-refractivity contribution in [1.29, 1.82) is 0 Å². The van der Waals surface area contributed by atoms with Gasteiger partial charge in [0.15, 0.2) is 0 Å². The van der Waals surface area contributed by atoms with Gasteiger partial charge in [0, 0.05) is 56.0 Å². The second-order valence-electron chi connectivity index (χ2n) is 13.1. The fourth-order valence-electron chi connectivity index (χ4n) is 7.68. The third-order valence-corrected chi connectivity index (χ3v) is 10.0. The molecule has 0 saturated heterocycles. The lowest BCUT2D eigenvalue weighted by Crippen LogP contribution is -2.16. The molecule has 0 saturated carbocycles. The van der Waals surface area contributed by atoms with Crippen molar-refractivity contribution in [3.63, 3.8) is 0 Å². The van der Waals surface area contributed by atoms with Crippen LogP contribution in [0.25, 0.3) is 87.9 Å². The number of hydrogen-bond donors (Lipinski definition) is 0. The topological polar surface area (TPSA) is 51.6 Å². The Morgan fingerprint density at radius 1 is 0.468 bits per heavy atom. The molecule has 4 heterocycles. The number of fused-ring (bicyclic) bond motifs is 12. The second-order valence-corrected chi connectivity index (χ2v) is 13.1. The molecule has 0 N–H and O–H groups in total. The summed E-state index contributed by atoms with van der Waals surface area (Å²) in [6.07, 6.45) is 3.83. The van der Waals surface area contributed by atoms with E-state index < -0.39 is 0 Å². The van der Waals surface area contributed by atoms with Gasteiger partial charge >= 0.3 is 0 Å². The molecule has 4 nitrogen and oxygen atoms in total. The third kappa shape index (κ3) is 3.76. The number of aromatic nitrogens is 4. The van der Waals surface area contributed by atoms with Gasteiger partial charge in [-0.15, -0.1) is 0 Å². The fraction of sp³-hybridized carbons (Fsp3) is 0.0698. The highest BCUT2D eigenvalue weighted by Crippen LogP contribution is 2.49. The molecule has 0 radical (unpaired) electrons. The van der Waals surface area contributed by atoms with E-state index in [2.05, 4.69) is 134 Å². The van der Waals surface area contributed by atoms with Crippen molar-refractivity contribution in [3.05, 3.63) is 145 Å². The average molecular weight is 601 g/mol. The van der Waals surface area contributed by atoms with Gasteiger partial charge in [-0.3, -0.25) is 9.97 Å². The Bertz CT molecular complexity index is 2780. The third-order valence-electron chi connectivity index (χ3n) is 10.0. The summed E-state index contributed by atoms with van der Waals surface area (Å²) in [7, 11) is 0. The summed E-state index contributed by atoms with van der Waals surface area (Å²) in [5, 5.41) is 6.81. The van der Waals surface area contributed by atoms with Gasteiger partial charge in [-0.05, 0) is 57.8 Å². The van der Waals surface area contributed by atoms with Crippen molar-refractivity contribution in [2.24, 2.45) is 0 Å². The van der Waals surface area contributed by atoms with Crippen molar-refractivity contribution >= 4 is 54.4 Å². The quantitative estimate of drug-likeness (QED) is 0.185.